The molecule has 5 rings (SSSR count). The number of aromatic nitrogens is 1. The van der Waals surface area contributed by atoms with Crippen LogP contribution < -0.4 is 11.1 Å². The Morgan fingerprint density at radius 2 is 1.84 bits per heavy atom. The van der Waals surface area contributed by atoms with Crippen LogP contribution in [0.25, 0.3) is 11.1 Å². The van der Waals surface area contributed by atoms with Gasteiger partial charge in [-0.15, -0.1) is 0 Å². The number of rotatable bonds is 7. The zero-order valence-corrected chi connectivity index (χ0v) is 21.6. The summed E-state index contributed by atoms with van der Waals surface area (Å²) in [6.45, 7) is 0.0186. The molecule has 2 saturated carbocycles. The first-order chi connectivity index (χ1) is 18.4. The van der Waals surface area contributed by atoms with Gasteiger partial charge in [-0.25, -0.2) is 14.2 Å². The second-order valence-electron chi connectivity index (χ2n) is 11.3. The van der Waals surface area contributed by atoms with Crippen LogP contribution in [-0.4, -0.2) is 58.1 Å². The summed E-state index contributed by atoms with van der Waals surface area (Å²) in [5.74, 6) is -1.42. The number of hydrogen-bond acceptors (Lipinski definition) is 6. The number of hydrogen-bond donors (Lipinski definition) is 3. The number of benzene rings is 1. The van der Waals surface area contributed by atoms with Gasteiger partial charge in [0.05, 0.1) is 0 Å². The van der Waals surface area contributed by atoms with Crippen molar-refractivity contribution in [2.75, 3.05) is 18.5 Å². The lowest BCUT2D eigenvalue weighted by molar-refractivity contribution is -0.142. The molecule has 3 atom stereocenters. The van der Waals surface area contributed by atoms with Crippen molar-refractivity contribution in [2.45, 2.75) is 76.3 Å². The molecule has 206 valence electrons. The highest BCUT2D eigenvalue weighted by molar-refractivity contribution is 5.99. The van der Waals surface area contributed by atoms with E-state index >= 15 is 0 Å². The molecule has 38 heavy (non-hydrogen) atoms. The molecule has 2 aliphatic carbocycles. The summed E-state index contributed by atoms with van der Waals surface area (Å²) in [7, 11) is 0. The Morgan fingerprint density at radius 1 is 1.11 bits per heavy atom. The number of carboxylic acid groups (broad SMARTS) is 1. The molecule has 10 heteroatoms. The Balaban J connectivity index is 1.34. The molecule has 2 amide bonds. The SMILES string of the molecule is N[C@H](CF)C1CCC(C(=O)N2CC[C@@H](C3CCCCC3)[C@H]2C(=O)Nc2ccc3oc(C(=O)O)nc3c2)CC1. The van der Waals surface area contributed by atoms with E-state index in [0.717, 1.165) is 44.9 Å². The van der Waals surface area contributed by atoms with Crippen LogP contribution in [0, 0.1) is 23.7 Å². The number of anilines is 1. The summed E-state index contributed by atoms with van der Waals surface area (Å²) < 4.78 is 18.3. The van der Waals surface area contributed by atoms with E-state index in [2.05, 4.69) is 10.3 Å². The molecule has 2 heterocycles. The number of fused-ring (bicyclic) bond motifs is 1. The Labute approximate surface area is 221 Å². The largest absolute Gasteiger partial charge is 0.474 e. The molecule has 9 nitrogen and oxygen atoms in total. The minimum Gasteiger partial charge on any atom is -0.474 e. The zero-order chi connectivity index (χ0) is 26.8. The highest BCUT2D eigenvalue weighted by Gasteiger charge is 2.47. The van der Waals surface area contributed by atoms with E-state index in [9.17, 15) is 18.8 Å². The molecule has 0 radical (unpaired) electrons. The number of alkyl halides is 1. The quantitative estimate of drug-likeness (QED) is 0.485. The van der Waals surface area contributed by atoms with Crippen LogP contribution in [0.15, 0.2) is 22.6 Å². The Hall–Kier alpha value is -3.01. The van der Waals surface area contributed by atoms with Crippen molar-refractivity contribution in [3.8, 4) is 0 Å². The third kappa shape index (κ3) is 5.41. The third-order valence-corrected chi connectivity index (χ3v) is 8.99. The predicted molar refractivity (Wildman–Crippen MR) is 139 cm³/mol. The number of halogens is 1. The van der Waals surface area contributed by atoms with Gasteiger partial charge in [-0.2, -0.15) is 0 Å². The van der Waals surface area contributed by atoms with Crippen LogP contribution in [0.4, 0.5) is 10.1 Å². The minimum absolute atomic E-state index is 0.0220. The van der Waals surface area contributed by atoms with E-state index in [1.54, 1.807) is 23.1 Å². The first-order valence-electron chi connectivity index (χ1n) is 13.9. The van der Waals surface area contributed by atoms with E-state index in [4.69, 9.17) is 15.3 Å². The number of amides is 2. The van der Waals surface area contributed by atoms with Crippen molar-refractivity contribution in [1.29, 1.82) is 0 Å². The molecule has 0 spiro atoms. The number of carbonyl (C=O) groups is 3. The second-order valence-corrected chi connectivity index (χ2v) is 11.3. The molecule has 0 bridgehead atoms. The van der Waals surface area contributed by atoms with E-state index in [0.29, 0.717) is 42.1 Å². The van der Waals surface area contributed by atoms with Gasteiger partial charge in [0.1, 0.15) is 18.2 Å². The Kier molecular flexibility index (Phi) is 7.97. The van der Waals surface area contributed by atoms with Crippen LogP contribution in [0.1, 0.15) is 74.9 Å². The summed E-state index contributed by atoms with van der Waals surface area (Å²) in [6, 6.07) is 3.80. The molecular formula is C28H37FN4O5. The molecule has 1 aromatic heterocycles. The third-order valence-electron chi connectivity index (χ3n) is 8.99. The predicted octanol–water partition coefficient (Wildman–Crippen LogP) is 4.37. The fourth-order valence-electron chi connectivity index (χ4n) is 6.92. The monoisotopic (exact) mass is 528 g/mol. The van der Waals surface area contributed by atoms with Crippen LogP contribution in [-0.2, 0) is 9.59 Å². The lowest BCUT2D eigenvalue weighted by Crippen LogP contribution is -2.50. The van der Waals surface area contributed by atoms with Gasteiger partial charge in [0.25, 0.3) is 0 Å². The molecule has 4 N–H and O–H groups in total. The summed E-state index contributed by atoms with van der Waals surface area (Å²) in [5, 5.41) is 12.1. The fourth-order valence-corrected chi connectivity index (χ4v) is 6.92. The van der Waals surface area contributed by atoms with Gasteiger partial charge >= 0.3 is 11.9 Å². The zero-order valence-electron chi connectivity index (χ0n) is 21.6. The summed E-state index contributed by atoms with van der Waals surface area (Å²) >= 11 is 0. The maximum atomic E-state index is 13.8. The number of nitrogens with two attached hydrogens (primary N) is 1. The fraction of sp³-hybridized carbons (Fsp3) is 0.643. The van der Waals surface area contributed by atoms with Crippen molar-refractivity contribution in [3.63, 3.8) is 0 Å². The van der Waals surface area contributed by atoms with Crippen molar-refractivity contribution >= 4 is 34.6 Å². The molecule has 1 aromatic carbocycles. The average molecular weight is 529 g/mol. The van der Waals surface area contributed by atoms with E-state index in [-0.39, 0.29) is 29.6 Å². The maximum absolute atomic E-state index is 13.8. The van der Waals surface area contributed by atoms with Crippen molar-refractivity contribution in [2.24, 2.45) is 29.4 Å². The van der Waals surface area contributed by atoms with Crippen LogP contribution >= 0.6 is 0 Å². The Morgan fingerprint density at radius 3 is 2.53 bits per heavy atom. The van der Waals surface area contributed by atoms with Crippen LogP contribution in [0.5, 0.6) is 0 Å². The van der Waals surface area contributed by atoms with E-state index < -0.39 is 30.6 Å². The van der Waals surface area contributed by atoms with Crippen molar-refractivity contribution in [1.82, 2.24) is 9.88 Å². The number of likely N-dealkylation sites (tertiary alicyclic amines) is 1. The highest BCUT2D eigenvalue weighted by Crippen LogP contribution is 2.41. The molecule has 3 fully saturated rings. The average Bonchev–Trinajstić information content (AvgIpc) is 3.58. The maximum Gasteiger partial charge on any atom is 0.392 e. The van der Waals surface area contributed by atoms with Gasteiger partial charge in [-0.1, -0.05) is 32.1 Å². The van der Waals surface area contributed by atoms with Gasteiger partial charge in [0.2, 0.25) is 11.8 Å². The lowest BCUT2D eigenvalue weighted by Gasteiger charge is -2.36. The molecule has 0 unspecified atom stereocenters. The molecule has 1 aliphatic heterocycles. The molecular weight excluding hydrogens is 491 g/mol. The smallest absolute Gasteiger partial charge is 0.392 e. The van der Waals surface area contributed by atoms with Crippen molar-refractivity contribution in [3.05, 3.63) is 24.1 Å². The van der Waals surface area contributed by atoms with Gasteiger partial charge < -0.3 is 25.5 Å². The number of oxazole rings is 1. The van der Waals surface area contributed by atoms with Crippen LogP contribution in [0.2, 0.25) is 0 Å². The van der Waals surface area contributed by atoms with Crippen LogP contribution in [0.3, 0.4) is 0 Å². The Bertz CT molecular complexity index is 1170. The van der Waals surface area contributed by atoms with Gasteiger partial charge in [-0.3, -0.25) is 9.59 Å². The van der Waals surface area contributed by atoms with Gasteiger partial charge in [0, 0.05) is 24.2 Å². The molecule has 3 aliphatic rings. The normalized spacial score (nSPS) is 27.4. The summed E-state index contributed by atoms with van der Waals surface area (Å²) in [4.78, 5) is 44.5. The number of nitrogens with one attached hydrogen (secondary N) is 1. The van der Waals surface area contributed by atoms with Gasteiger partial charge in [0.15, 0.2) is 5.58 Å². The molecule has 1 saturated heterocycles. The summed E-state index contributed by atoms with van der Waals surface area (Å²) in [6.07, 6.45) is 9.27. The first-order valence-corrected chi connectivity index (χ1v) is 13.9. The molecule has 2 aromatic rings. The van der Waals surface area contributed by atoms with Gasteiger partial charge in [-0.05, 0) is 68.1 Å². The van der Waals surface area contributed by atoms with E-state index in [1.807, 2.05) is 0 Å². The number of nitrogens with zero attached hydrogens (tertiary/aromatic N) is 2. The topological polar surface area (TPSA) is 139 Å². The number of aromatic carboxylic acids is 1. The lowest BCUT2D eigenvalue weighted by atomic mass is 9.76. The number of carboxylic acids is 1. The minimum atomic E-state index is -1.26. The first kappa shape index (κ1) is 26.6. The standard InChI is InChI=1S/C28H37FN4O5/c29-15-21(30)17-6-8-18(9-7-17)27(35)33-13-12-20(16-4-2-1-3-5-16)24(33)25(34)31-19-10-11-23-22(14-19)32-26(38-23)28(36)37/h10-11,14,16-18,20-21,24H,1-9,12-13,15,30H2,(H,31,34)(H,36,37)/t17?,18?,20-,21+,24-/m0/s1. The summed E-state index contributed by atoms with van der Waals surface area (Å²) in [5.41, 5.74) is 7.06. The van der Waals surface area contributed by atoms with E-state index in [1.165, 1.54) is 6.42 Å². The number of carbonyl (C=O) groups excluding carboxylic acids is 2. The second kappa shape index (κ2) is 11.4. The highest BCUT2D eigenvalue weighted by atomic mass is 19.1. The van der Waals surface area contributed by atoms with Crippen molar-refractivity contribution < 1.29 is 28.3 Å².